The lowest BCUT2D eigenvalue weighted by atomic mass is 9.53. The van der Waals surface area contributed by atoms with Gasteiger partial charge in [-0.15, -0.1) is 0 Å². The van der Waals surface area contributed by atoms with Crippen molar-refractivity contribution in [2.24, 2.45) is 17.3 Å². The molecule has 3 unspecified atom stereocenters. The molecule has 0 heterocycles. The van der Waals surface area contributed by atoms with Crippen LogP contribution in [0.4, 0.5) is 0 Å². The lowest BCUT2D eigenvalue weighted by Gasteiger charge is -2.36. The highest BCUT2D eigenvalue weighted by molar-refractivity contribution is 7.99. The highest BCUT2D eigenvalue weighted by Crippen LogP contribution is 2.40. The second-order valence-corrected chi connectivity index (χ2v) is 8.60. The van der Waals surface area contributed by atoms with Crippen LogP contribution in [0.5, 0.6) is 0 Å². The van der Waals surface area contributed by atoms with E-state index in [-0.39, 0.29) is 0 Å². The smallest absolute Gasteiger partial charge is 0.136 e. The number of hydrogen-bond donors (Lipinski definition) is 0. The second kappa shape index (κ2) is 9.42. The predicted molar refractivity (Wildman–Crippen MR) is 98.9 cm³/mol. The normalized spacial score (nSPS) is 17.3. The molecule has 0 aliphatic heterocycles. The number of hydrogen-bond acceptors (Lipinski definition) is 1. The van der Waals surface area contributed by atoms with Crippen LogP contribution in [0.15, 0.2) is 0 Å². The molecular formula is C16H36B2S. The van der Waals surface area contributed by atoms with Crippen LogP contribution in [0.3, 0.4) is 0 Å². The van der Waals surface area contributed by atoms with Crippen LogP contribution in [0, 0.1) is 17.3 Å². The van der Waals surface area contributed by atoms with Crippen LogP contribution in [-0.2, 0) is 0 Å². The summed E-state index contributed by atoms with van der Waals surface area (Å²) in [6, 6.07) is 0. The van der Waals surface area contributed by atoms with Gasteiger partial charge in [0.2, 0.25) is 0 Å². The van der Waals surface area contributed by atoms with Crippen molar-refractivity contribution < 1.29 is 0 Å². The maximum atomic E-state index is 2.49. The van der Waals surface area contributed by atoms with Gasteiger partial charge in [-0.25, -0.2) is 0 Å². The summed E-state index contributed by atoms with van der Waals surface area (Å²) in [6.45, 7) is 14.5. The molecule has 0 radical (unpaired) electrons. The van der Waals surface area contributed by atoms with Crippen molar-refractivity contribution in [3.8, 4) is 0 Å². The fourth-order valence-corrected chi connectivity index (χ4v) is 3.30. The molecule has 19 heavy (non-hydrogen) atoms. The lowest BCUT2D eigenvalue weighted by Crippen LogP contribution is -2.27. The average molecular weight is 282 g/mol. The number of thioether (sulfide) groups is 1. The van der Waals surface area contributed by atoms with Crippen molar-refractivity contribution in [1.29, 1.82) is 0 Å². The molecule has 0 aromatic carbocycles. The zero-order valence-corrected chi connectivity index (χ0v) is 15.6. The largest absolute Gasteiger partial charge is 0.174 e. The van der Waals surface area contributed by atoms with Gasteiger partial charge in [-0.05, 0) is 29.2 Å². The van der Waals surface area contributed by atoms with Gasteiger partial charge in [0.15, 0.2) is 0 Å². The molecule has 0 nitrogen and oxygen atoms in total. The summed E-state index contributed by atoms with van der Waals surface area (Å²) < 4.78 is 0. The van der Waals surface area contributed by atoms with E-state index in [2.05, 4.69) is 55.6 Å². The lowest BCUT2D eigenvalue weighted by molar-refractivity contribution is 0.207. The zero-order chi connectivity index (χ0) is 15.1. The van der Waals surface area contributed by atoms with Gasteiger partial charge in [0.25, 0.3) is 0 Å². The molecule has 0 amide bonds. The molecule has 0 saturated carbocycles. The van der Waals surface area contributed by atoms with E-state index in [1.807, 2.05) is 11.8 Å². The molecular weight excluding hydrogens is 246 g/mol. The molecule has 0 saturated heterocycles. The van der Waals surface area contributed by atoms with E-state index in [1.165, 1.54) is 32.2 Å². The maximum absolute atomic E-state index is 2.49. The first kappa shape index (κ1) is 19.5. The van der Waals surface area contributed by atoms with Gasteiger partial charge in [0.1, 0.15) is 15.1 Å². The molecule has 3 atom stereocenters. The van der Waals surface area contributed by atoms with E-state index < -0.39 is 0 Å². The Balaban J connectivity index is 4.61. The van der Waals surface area contributed by atoms with Gasteiger partial charge in [0.05, 0.1) is 0 Å². The summed E-state index contributed by atoms with van der Waals surface area (Å²) in [7, 11) is 3.81. The maximum Gasteiger partial charge on any atom is 0.136 e. The molecule has 0 N–H and O–H groups in total. The van der Waals surface area contributed by atoms with Crippen LogP contribution in [0.1, 0.15) is 60.8 Å². The Hall–Kier alpha value is 0.480. The predicted octanol–water partition coefficient (Wildman–Crippen LogP) is 4.46. The Bertz CT molecular complexity index is 229. The van der Waals surface area contributed by atoms with Crippen LogP contribution < -0.4 is 0 Å². The highest BCUT2D eigenvalue weighted by Gasteiger charge is 2.29. The zero-order valence-electron chi connectivity index (χ0n) is 14.8. The van der Waals surface area contributed by atoms with Gasteiger partial charge in [0, 0.05) is 0 Å². The van der Waals surface area contributed by atoms with Crippen molar-refractivity contribution in [2.75, 3.05) is 11.9 Å². The molecule has 0 aliphatic carbocycles. The summed E-state index contributed by atoms with van der Waals surface area (Å²) in [5, 5.41) is 0. The SMILES string of the molecule is BC(CC)CC(C)C(BCSC)CC(C)(C)C(C)C. The van der Waals surface area contributed by atoms with Gasteiger partial charge in [-0.1, -0.05) is 72.4 Å². The first-order valence-electron chi connectivity index (χ1n) is 8.23. The molecule has 112 valence electrons. The fraction of sp³-hybridized carbons (Fsp3) is 1.00. The molecule has 0 aliphatic rings. The van der Waals surface area contributed by atoms with Gasteiger partial charge >= 0.3 is 0 Å². The van der Waals surface area contributed by atoms with E-state index >= 15 is 0 Å². The van der Waals surface area contributed by atoms with Crippen molar-refractivity contribution in [3.63, 3.8) is 0 Å². The second-order valence-electron chi connectivity index (χ2n) is 7.62. The van der Waals surface area contributed by atoms with Crippen LogP contribution in [-0.4, -0.2) is 27.0 Å². The van der Waals surface area contributed by atoms with E-state index in [4.69, 9.17) is 0 Å². The number of rotatable bonds is 10. The Kier molecular flexibility index (Phi) is 9.66. The van der Waals surface area contributed by atoms with Gasteiger partial charge in [-0.2, -0.15) is 11.8 Å². The van der Waals surface area contributed by atoms with Crippen LogP contribution in [0.25, 0.3) is 0 Å². The molecule has 0 aromatic heterocycles. The summed E-state index contributed by atoms with van der Waals surface area (Å²) in [4.78, 5) is 0. The van der Waals surface area contributed by atoms with Crippen LogP contribution in [0.2, 0.25) is 11.6 Å². The monoisotopic (exact) mass is 282 g/mol. The van der Waals surface area contributed by atoms with E-state index in [0.29, 0.717) is 5.41 Å². The Morgan fingerprint density at radius 3 is 2.21 bits per heavy atom. The van der Waals surface area contributed by atoms with Crippen molar-refractivity contribution in [1.82, 2.24) is 0 Å². The minimum atomic E-state index is 0.479. The fourth-order valence-electron chi connectivity index (χ4n) is 2.76. The minimum Gasteiger partial charge on any atom is -0.174 e. The summed E-state index contributed by atoms with van der Waals surface area (Å²) >= 11 is 2.01. The minimum absolute atomic E-state index is 0.479. The average Bonchev–Trinajstić information content (AvgIpc) is 2.33. The Morgan fingerprint density at radius 1 is 1.21 bits per heavy atom. The molecule has 0 aromatic rings. The van der Waals surface area contributed by atoms with Gasteiger partial charge in [-0.3, -0.25) is 0 Å². The third kappa shape index (κ3) is 7.73. The summed E-state index contributed by atoms with van der Waals surface area (Å²) in [6.07, 6.45) is 6.36. The van der Waals surface area contributed by atoms with E-state index in [0.717, 1.165) is 23.5 Å². The molecule has 0 fully saturated rings. The Morgan fingerprint density at radius 2 is 1.79 bits per heavy atom. The topological polar surface area (TPSA) is 0 Å². The highest BCUT2D eigenvalue weighted by atomic mass is 32.2. The van der Waals surface area contributed by atoms with Crippen molar-refractivity contribution in [2.45, 2.75) is 72.4 Å². The van der Waals surface area contributed by atoms with Crippen LogP contribution >= 0.6 is 11.8 Å². The summed E-state index contributed by atoms with van der Waals surface area (Å²) in [5.74, 6) is 3.44. The Labute approximate surface area is 128 Å². The van der Waals surface area contributed by atoms with E-state index in [1.54, 1.807) is 0 Å². The van der Waals surface area contributed by atoms with Crippen molar-refractivity contribution in [3.05, 3.63) is 0 Å². The first-order chi connectivity index (χ1) is 8.74. The standard InChI is InChI=1S/C16H36B2S/c1-8-14(17)9-13(4)15(18-11-19-7)10-16(5,6)12(2)3/h12-15,18H,8-11,17H2,1-7H3. The first-order valence-corrected chi connectivity index (χ1v) is 9.62. The third-order valence-electron chi connectivity index (χ3n) is 5.32. The summed E-state index contributed by atoms with van der Waals surface area (Å²) in [5.41, 5.74) is 1.80. The van der Waals surface area contributed by atoms with Crippen molar-refractivity contribution >= 4 is 26.9 Å². The third-order valence-corrected chi connectivity index (χ3v) is 5.96. The van der Waals surface area contributed by atoms with Gasteiger partial charge < -0.3 is 0 Å². The molecule has 0 rings (SSSR count). The quantitative estimate of drug-likeness (QED) is 0.533. The molecule has 0 bridgehead atoms. The van der Waals surface area contributed by atoms with E-state index in [9.17, 15) is 0 Å². The molecule has 3 heteroatoms. The molecule has 0 spiro atoms.